The zero-order chi connectivity index (χ0) is 11.6. The Bertz CT molecular complexity index is 271. The van der Waals surface area contributed by atoms with Crippen molar-refractivity contribution in [3.05, 3.63) is 0 Å². The molecule has 0 spiro atoms. The average Bonchev–Trinajstić information content (AvgIpc) is 2.84. The van der Waals surface area contributed by atoms with E-state index in [1.807, 2.05) is 0 Å². The van der Waals surface area contributed by atoms with Crippen LogP contribution in [0.2, 0.25) is 0 Å². The van der Waals surface area contributed by atoms with E-state index in [0.717, 1.165) is 19.0 Å². The summed E-state index contributed by atoms with van der Waals surface area (Å²) in [5.74, 6) is 3.47. The van der Waals surface area contributed by atoms with Gasteiger partial charge in [-0.1, -0.05) is 0 Å². The fourth-order valence-electron chi connectivity index (χ4n) is 2.15. The van der Waals surface area contributed by atoms with E-state index in [1.165, 1.54) is 17.9 Å². The number of nitrogens with one attached hydrogen (secondary N) is 2. The Hall–Kier alpha value is -0.420. The van der Waals surface area contributed by atoms with Gasteiger partial charge in [0.05, 0.1) is 6.54 Å². The van der Waals surface area contributed by atoms with Crippen LogP contribution in [0.5, 0.6) is 0 Å². The van der Waals surface area contributed by atoms with E-state index < -0.39 is 0 Å². The first-order valence-electron chi connectivity index (χ1n) is 5.92. The molecular weight excluding hydrogens is 220 g/mol. The lowest BCUT2D eigenvalue weighted by Gasteiger charge is -2.36. The van der Waals surface area contributed by atoms with Crippen molar-refractivity contribution in [1.29, 1.82) is 0 Å². The van der Waals surface area contributed by atoms with E-state index in [9.17, 15) is 0 Å². The van der Waals surface area contributed by atoms with Gasteiger partial charge in [0.1, 0.15) is 0 Å². The van der Waals surface area contributed by atoms with Crippen molar-refractivity contribution in [2.24, 2.45) is 4.99 Å². The summed E-state index contributed by atoms with van der Waals surface area (Å²) in [6, 6.07) is 0.482. The fraction of sp³-hybridized carbons (Fsp3) is 0.909. The van der Waals surface area contributed by atoms with Gasteiger partial charge >= 0.3 is 0 Å². The second kappa shape index (κ2) is 4.84. The largest absolute Gasteiger partial charge is 0.355 e. The molecule has 2 aliphatic heterocycles. The van der Waals surface area contributed by atoms with Gasteiger partial charge in [0.25, 0.3) is 0 Å². The maximum atomic E-state index is 4.44. The van der Waals surface area contributed by atoms with Gasteiger partial charge in [-0.2, -0.15) is 11.8 Å². The molecule has 0 aromatic carbocycles. The van der Waals surface area contributed by atoms with Crippen molar-refractivity contribution in [2.45, 2.75) is 24.9 Å². The molecule has 0 bridgehead atoms. The van der Waals surface area contributed by atoms with Gasteiger partial charge in [-0.25, -0.2) is 0 Å². The van der Waals surface area contributed by atoms with Crippen molar-refractivity contribution in [1.82, 2.24) is 15.5 Å². The SMILES string of the molecule is CC1CN=C(NCC2(N(C)C)CCSC2)N1. The minimum Gasteiger partial charge on any atom is -0.355 e. The Morgan fingerprint density at radius 1 is 1.62 bits per heavy atom. The highest BCUT2D eigenvalue weighted by Crippen LogP contribution is 2.31. The molecule has 0 saturated carbocycles. The maximum Gasteiger partial charge on any atom is 0.191 e. The third-order valence-corrected chi connectivity index (χ3v) is 4.76. The molecule has 0 aliphatic carbocycles. The van der Waals surface area contributed by atoms with E-state index in [-0.39, 0.29) is 0 Å². The summed E-state index contributed by atoms with van der Waals surface area (Å²) in [7, 11) is 4.36. The zero-order valence-corrected chi connectivity index (χ0v) is 11.2. The molecule has 1 fully saturated rings. The summed E-state index contributed by atoms with van der Waals surface area (Å²) >= 11 is 2.05. The lowest BCUT2D eigenvalue weighted by Crippen LogP contribution is -2.54. The van der Waals surface area contributed by atoms with Crippen LogP contribution in [0.4, 0.5) is 0 Å². The van der Waals surface area contributed by atoms with Gasteiger partial charge in [0.15, 0.2) is 5.96 Å². The minimum atomic E-state index is 0.306. The summed E-state index contributed by atoms with van der Waals surface area (Å²) in [6.45, 7) is 4.04. The molecule has 0 amide bonds. The van der Waals surface area contributed by atoms with E-state index in [2.05, 4.69) is 53.3 Å². The molecule has 2 rings (SSSR count). The lowest BCUT2D eigenvalue weighted by atomic mass is 9.97. The minimum absolute atomic E-state index is 0.306. The van der Waals surface area contributed by atoms with Crippen molar-refractivity contribution in [2.75, 3.05) is 38.7 Å². The van der Waals surface area contributed by atoms with Crippen LogP contribution in [0.1, 0.15) is 13.3 Å². The summed E-state index contributed by atoms with van der Waals surface area (Å²) in [4.78, 5) is 6.80. The van der Waals surface area contributed by atoms with Crippen LogP contribution in [-0.2, 0) is 0 Å². The number of hydrogen-bond acceptors (Lipinski definition) is 5. The molecule has 5 heteroatoms. The molecule has 2 atom stereocenters. The second-order valence-electron chi connectivity index (χ2n) is 5.01. The Morgan fingerprint density at radius 3 is 2.94 bits per heavy atom. The number of thioether (sulfide) groups is 1. The molecule has 4 nitrogen and oxygen atoms in total. The van der Waals surface area contributed by atoms with E-state index in [4.69, 9.17) is 0 Å². The van der Waals surface area contributed by atoms with Crippen LogP contribution < -0.4 is 10.6 Å². The van der Waals surface area contributed by atoms with Gasteiger partial charge in [0.2, 0.25) is 0 Å². The predicted octanol–water partition coefficient (Wildman–Crippen LogP) is 0.361. The number of guanidine groups is 1. The predicted molar refractivity (Wildman–Crippen MR) is 71.3 cm³/mol. The van der Waals surface area contributed by atoms with Gasteiger partial charge in [-0.15, -0.1) is 0 Å². The summed E-state index contributed by atoms with van der Waals surface area (Å²) < 4.78 is 0. The Kier molecular flexibility index (Phi) is 3.64. The molecule has 0 aromatic heterocycles. The molecule has 92 valence electrons. The van der Waals surface area contributed by atoms with E-state index >= 15 is 0 Å². The first-order chi connectivity index (χ1) is 7.62. The van der Waals surface area contributed by atoms with E-state index in [1.54, 1.807) is 0 Å². The first kappa shape index (κ1) is 12.0. The Morgan fingerprint density at radius 2 is 2.44 bits per heavy atom. The van der Waals surface area contributed by atoms with Crippen molar-refractivity contribution >= 4 is 17.7 Å². The highest BCUT2D eigenvalue weighted by molar-refractivity contribution is 7.99. The van der Waals surface area contributed by atoms with Crippen LogP contribution in [0, 0.1) is 0 Å². The average molecular weight is 242 g/mol. The number of aliphatic imine (C=N–C) groups is 1. The van der Waals surface area contributed by atoms with Gasteiger partial charge in [0, 0.05) is 23.9 Å². The van der Waals surface area contributed by atoms with Crippen molar-refractivity contribution in [3.63, 3.8) is 0 Å². The van der Waals surface area contributed by atoms with Crippen LogP contribution in [0.15, 0.2) is 4.99 Å². The second-order valence-corrected chi connectivity index (χ2v) is 6.11. The summed E-state index contributed by atoms with van der Waals surface area (Å²) in [5.41, 5.74) is 0.306. The highest BCUT2D eigenvalue weighted by atomic mass is 32.2. The molecule has 0 radical (unpaired) electrons. The number of likely N-dealkylation sites (N-methyl/N-ethyl adjacent to an activating group) is 1. The van der Waals surface area contributed by atoms with Gasteiger partial charge in [-0.05, 0) is 33.2 Å². The van der Waals surface area contributed by atoms with Gasteiger partial charge in [-0.3, -0.25) is 4.99 Å². The molecule has 16 heavy (non-hydrogen) atoms. The lowest BCUT2D eigenvalue weighted by molar-refractivity contribution is 0.183. The van der Waals surface area contributed by atoms with Crippen molar-refractivity contribution in [3.8, 4) is 0 Å². The fourth-order valence-corrected chi connectivity index (χ4v) is 3.71. The zero-order valence-electron chi connectivity index (χ0n) is 10.4. The van der Waals surface area contributed by atoms with Gasteiger partial charge < -0.3 is 15.5 Å². The highest BCUT2D eigenvalue weighted by Gasteiger charge is 2.36. The first-order valence-corrected chi connectivity index (χ1v) is 7.08. The maximum absolute atomic E-state index is 4.44. The standard InChI is InChI=1S/C11H22N4S/c1-9-6-12-10(14-9)13-7-11(15(2)3)4-5-16-8-11/h9H,4-8H2,1-3H3,(H2,12,13,14). The van der Waals surface area contributed by atoms with Crippen molar-refractivity contribution < 1.29 is 0 Å². The summed E-state index contributed by atoms with van der Waals surface area (Å²) in [6.07, 6.45) is 1.26. The van der Waals surface area contributed by atoms with Crippen LogP contribution in [0.25, 0.3) is 0 Å². The van der Waals surface area contributed by atoms with Crippen LogP contribution in [-0.4, -0.2) is 61.1 Å². The number of rotatable bonds is 3. The molecule has 2 heterocycles. The summed E-state index contributed by atoms with van der Waals surface area (Å²) in [5, 5.41) is 6.81. The smallest absolute Gasteiger partial charge is 0.191 e. The number of nitrogens with zero attached hydrogens (tertiary/aromatic N) is 2. The van der Waals surface area contributed by atoms with Crippen LogP contribution >= 0.6 is 11.8 Å². The molecular formula is C11H22N4S. The quantitative estimate of drug-likeness (QED) is 0.750. The topological polar surface area (TPSA) is 39.7 Å². The Labute approximate surface area is 102 Å². The normalized spacial score (nSPS) is 34.0. The number of hydrogen-bond donors (Lipinski definition) is 2. The molecule has 1 saturated heterocycles. The van der Waals surface area contributed by atoms with Crippen LogP contribution in [0.3, 0.4) is 0 Å². The third kappa shape index (κ3) is 2.46. The molecule has 2 aliphatic rings. The monoisotopic (exact) mass is 242 g/mol. The molecule has 0 aromatic rings. The van der Waals surface area contributed by atoms with E-state index in [0.29, 0.717) is 11.6 Å². The molecule has 2 N–H and O–H groups in total. The third-order valence-electron chi connectivity index (χ3n) is 3.52. The Balaban J connectivity index is 1.87. The molecule has 2 unspecified atom stereocenters.